The number of hydrogen-bond acceptors (Lipinski definition) is 4. The lowest BCUT2D eigenvalue weighted by Crippen LogP contribution is -2.54. The fourth-order valence-electron chi connectivity index (χ4n) is 2.46. The first-order valence-electron chi connectivity index (χ1n) is 6.81. The van der Waals surface area contributed by atoms with E-state index in [2.05, 4.69) is 5.32 Å². The van der Waals surface area contributed by atoms with E-state index < -0.39 is 5.97 Å². The summed E-state index contributed by atoms with van der Waals surface area (Å²) in [5.41, 5.74) is 0. The van der Waals surface area contributed by atoms with Crippen molar-refractivity contribution in [1.29, 1.82) is 0 Å². The van der Waals surface area contributed by atoms with Crippen molar-refractivity contribution in [2.45, 2.75) is 6.42 Å². The van der Waals surface area contributed by atoms with Crippen LogP contribution in [0.15, 0.2) is 0 Å². The molecule has 0 aromatic rings. The van der Waals surface area contributed by atoms with Crippen LogP contribution in [0.3, 0.4) is 0 Å². The third kappa shape index (κ3) is 3.83. The van der Waals surface area contributed by atoms with Crippen molar-refractivity contribution >= 4 is 17.9 Å². The van der Waals surface area contributed by atoms with Crippen LogP contribution < -0.4 is 5.32 Å². The van der Waals surface area contributed by atoms with E-state index in [1.165, 1.54) is 0 Å². The maximum absolute atomic E-state index is 12.3. The Morgan fingerprint density at radius 2 is 1.80 bits per heavy atom. The van der Waals surface area contributed by atoms with Crippen molar-refractivity contribution in [2.24, 2.45) is 0 Å². The molecule has 112 valence electrons. The first kappa shape index (κ1) is 14.6. The summed E-state index contributed by atoms with van der Waals surface area (Å²) >= 11 is 0. The molecule has 2 heterocycles. The van der Waals surface area contributed by atoms with Crippen LogP contribution in [0.1, 0.15) is 6.42 Å². The molecule has 20 heavy (non-hydrogen) atoms. The molecule has 0 saturated carbocycles. The molecule has 3 amide bonds. The average Bonchev–Trinajstić information content (AvgIpc) is 2.63. The summed E-state index contributed by atoms with van der Waals surface area (Å²) in [5.74, 6) is -0.977. The largest absolute Gasteiger partial charge is 0.480 e. The summed E-state index contributed by atoms with van der Waals surface area (Å²) in [6.07, 6.45) is 0.760. The van der Waals surface area contributed by atoms with E-state index in [-0.39, 0.29) is 25.0 Å². The number of carbonyl (C=O) groups is 3. The number of rotatable bonds is 2. The van der Waals surface area contributed by atoms with E-state index in [1.54, 1.807) is 14.7 Å². The molecule has 0 unspecified atom stereocenters. The number of piperazine rings is 1. The predicted molar refractivity (Wildman–Crippen MR) is 70.2 cm³/mol. The molecule has 2 aliphatic heterocycles. The van der Waals surface area contributed by atoms with Crippen molar-refractivity contribution in [1.82, 2.24) is 20.0 Å². The van der Waals surface area contributed by atoms with E-state index >= 15 is 0 Å². The highest BCUT2D eigenvalue weighted by Crippen LogP contribution is 2.07. The number of nitrogens with one attached hydrogen (secondary N) is 1. The van der Waals surface area contributed by atoms with E-state index in [9.17, 15) is 14.4 Å². The number of urea groups is 1. The Kier molecular flexibility index (Phi) is 4.78. The smallest absolute Gasteiger partial charge is 0.320 e. The monoisotopic (exact) mass is 284 g/mol. The number of carboxylic acid groups (broad SMARTS) is 1. The highest BCUT2D eigenvalue weighted by Gasteiger charge is 2.27. The first-order chi connectivity index (χ1) is 9.56. The van der Waals surface area contributed by atoms with Crippen LogP contribution in [0, 0.1) is 0 Å². The molecular weight excluding hydrogens is 264 g/mol. The highest BCUT2D eigenvalue weighted by atomic mass is 16.4. The van der Waals surface area contributed by atoms with Crippen LogP contribution in [0.5, 0.6) is 0 Å². The van der Waals surface area contributed by atoms with Gasteiger partial charge in [-0.25, -0.2) is 4.79 Å². The van der Waals surface area contributed by atoms with E-state index in [1.807, 2.05) is 0 Å². The molecule has 2 fully saturated rings. The Morgan fingerprint density at radius 1 is 1.10 bits per heavy atom. The molecule has 2 saturated heterocycles. The molecule has 0 atom stereocenters. The summed E-state index contributed by atoms with van der Waals surface area (Å²) in [5, 5.41) is 11.5. The molecule has 8 nitrogen and oxygen atoms in total. The molecule has 2 N–H and O–H groups in total. The van der Waals surface area contributed by atoms with E-state index in [4.69, 9.17) is 5.11 Å². The number of carbonyl (C=O) groups excluding carboxylic acids is 2. The van der Waals surface area contributed by atoms with Gasteiger partial charge in [0.15, 0.2) is 0 Å². The van der Waals surface area contributed by atoms with Crippen LogP contribution in [-0.2, 0) is 9.59 Å². The Labute approximate surface area is 117 Å². The van der Waals surface area contributed by atoms with Crippen molar-refractivity contribution in [3.05, 3.63) is 0 Å². The van der Waals surface area contributed by atoms with Crippen LogP contribution in [0.25, 0.3) is 0 Å². The molecule has 8 heteroatoms. The third-order valence-electron chi connectivity index (χ3n) is 3.53. The molecule has 0 aromatic heterocycles. The van der Waals surface area contributed by atoms with Gasteiger partial charge in [-0.15, -0.1) is 0 Å². The summed E-state index contributed by atoms with van der Waals surface area (Å²) in [4.78, 5) is 39.5. The lowest BCUT2D eigenvalue weighted by atomic mass is 10.3. The molecule has 0 radical (unpaired) electrons. The quantitative estimate of drug-likeness (QED) is 0.652. The Balaban J connectivity index is 1.84. The number of carboxylic acids is 1. The zero-order valence-electron chi connectivity index (χ0n) is 11.4. The van der Waals surface area contributed by atoms with Crippen molar-refractivity contribution in [3.8, 4) is 0 Å². The topological polar surface area (TPSA) is 93.2 Å². The van der Waals surface area contributed by atoms with Gasteiger partial charge in [-0.2, -0.15) is 0 Å². The van der Waals surface area contributed by atoms with Gasteiger partial charge >= 0.3 is 12.0 Å². The molecule has 2 aliphatic rings. The van der Waals surface area contributed by atoms with E-state index in [0.29, 0.717) is 39.3 Å². The van der Waals surface area contributed by atoms with Gasteiger partial charge in [-0.3, -0.25) is 14.5 Å². The second-order valence-electron chi connectivity index (χ2n) is 5.06. The number of aliphatic carboxylic acids is 1. The number of amides is 3. The molecule has 0 spiro atoms. The molecule has 0 aromatic carbocycles. The first-order valence-corrected chi connectivity index (χ1v) is 6.81. The zero-order valence-corrected chi connectivity index (χ0v) is 11.4. The van der Waals surface area contributed by atoms with E-state index in [0.717, 1.165) is 6.42 Å². The normalized spacial score (nSPS) is 21.3. The van der Waals surface area contributed by atoms with Gasteiger partial charge in [-0.1, -0.05) is 0 Å². The lowest BCUT2D eigenvalue weighted by Gasteiger charge is -2.36. The zero-order chi connectivity index (χ0) is 14.5. The Bertz CT molecular complexity index is 393. The standard InChI is InChI=1S/C12H20N4O4/c17-10-8-16(3-1-2-13-10)12(20)15-6-4-14(5-7-15)9-11(18)19/h1-9H2,(H,13,17)(H,18,19). The Hall–Kier alpha value is -1.83. The van der Waals surface area contributed by atoms with Gasteiger partial charge < -0.3 is 20.2 Å². The minimum absolute atomic E-state index is 0.00809. The van der Waals surface area contributed by atoms with Crippen LogP contribution >= 0.6 is 0 Å². The summed E-state index contributed by atoms with van der Waals surface area (Å²) in [6, 6.07) is -0.128. The van der Waals surface area contributed by atoms with Gasteiger partial charge in [0.1, 0.15) is 6.54 Å². The SMILES string of the molecule is O=C(O)CN1CCN(C(=O)N2CCCNC(=O)C2)CC1. The van der Waals surface area contributed by atoms with Crippen molar-refractivity contribution in [2.75, 3.05) is 52.4 Å². The number of hydrogen-bond donors (Lipinski definition) is 2. The third-order valence-corrected chi connectivity index (χ3v) is 3.53. The average molecular weight is 284 g/mol. The van der Waals surface area contributed by atoms with Crippen molar-refractivity contribution in [3.63, 3.8) is 0 Å². The predicted octanol–water partition coefficient (Wildman–Crippen LogP) is -1.37. The molecule has 2 rings (SSSR count). The van der Waals surface area contributed by atoms with Gasteiger partial charge in [0, 0.05) is 39.3 Å². The van der Waals surface area contributed by atoms with Gasteiger partial charge in [0.25, 0.3) is 0 Å². The fourth-order valence-corrected chi connectivity index (χ4v) is 2.46. The van der Waals surface area contributed by atoms with Crippen LogP contribution in [0.2, 0.25) is 0 Å². The van der Waals surface area contributed by atoms with Gasteiger partial charge in [-0.05, 0) is 6.42 Å². The van der Waals surface area contributed by atoms with Crippen LogP contribution in [-0.4, -0.2) is 90.1 Å². The summed E-state index contributed by atoms with van der Waals surface area (Å²) in [7, 11) is 0. The minimum atomic E-state index is -0.853. The molecular formula is C12H20N4O4. The molecule has 0 aliphatic carbocycles. The second-order valence-corrected chi connectivity index (χ2v) is 5.06. The van der Waals surface area contributed by atoms with Gasteiger partial charge in [0.05, 0.1) is 6.54 Å². The molecule has 0 bridgehead atoms. The maximum atomic E-state index is 12.3. The summed E-state index contributed by atoms with van der Waals surface area (Å²) in [6.45, 7) is 3.41. The maximum Gasteiger partial charge on any atom is 0.320 e. The van der Waals surface area contributed by atoms with Crippen molar-refractivity contribution < 1.29 is 19.5 Å². The van der Waals surface area contributed by atoms with Gasteiger partial charge in [0.2, 0.25) is 5.91 Å². The minimum Gasteiger partial charge on any atom is -0.480 e. The summed E-state index contributed by atoms with van der Waals surface area (Å²) < 4.78 is 0. The Morgan fingerprint density at radius 3 is 2.45 bits per heavy atom. The fraction of sp³-hybridized carbons (Fsp3) is 0.750. The highest BCUT2D eigenvalue weighted by molar-refractivity contribution is 5.84. The second kappa shape index (κ2) is 6.56. The number of nitrogens with zero attached hydrogens (tertiary/aromatic N) is 3. The van der Waals surface area contributed by atoms with Crippen LogP contribution in [0.4, 0.5) is 4.79 Å². The lowest BCUT2D eigenvalue weighted by molar-refractivity contribution is -0.138.